The van der Waals surface area contributed by atoms with Crippen LogP contribution in [-0.4, -0.2) is 25.2 Å². The van der Waals surface area contributed by atoms with Crippen LogP contribution in [0.5, 0.6) is 5.75 Å². The van der Waals surface area contributed by atoms with E-state index in [9.17, 15) is 4.79 Å². The molecule has 1 amide bonds. The summed E-state index contributed by atoms with van der Waals surface area (Å²) in [5.41, 5.74) is -0.0345. The van der Waals surface area contributed by atoms with Crippen molar-refractivity contribution in [1.29, 1.82) is 0 Å². The van der Waals surface area contributed by atoms with Crippen molar-refractivity contribution < 1.29 is 14.3 Å². The SMILES string of the molecule is CCCCC[C@](C)(OC)C(=O)Nc1ccc(OCC(C)C)cc1. The van der Waals surface area contributed by atoms with Crippen LogP contribution >= 0.6 is 0 Å². The predicted octanol–water partition coefficient (Wildman–Crippen LogP) is 4.65. The van der Waals surface area contributed by atoms with E-state index in [0.29, 0.717) is 12.5 Å². The lowest BCUT2D eigenvalue weighted by Crippen LogP contribution is -2.41. The fraction of sp³-hybridized carbons (Fsp3) is 0.632. The molecule has 4 heteroatoms. The molecule has 0 aliphatic rings. The third-order valence-electron chi connectivity index (χ3n) is 3.88. The molecule has 0 bridgehead atoms. The van der Waals surface area contributed by atoms with Crippen LogP contribution in [0.1, 0.15) is 53.4 Å². The Morgan fingerprint density at radius 1 is 1.22 bits per heavy atom. The molecule has 0 saturated carbocycles. The molecule has 1 aromatic carbocycles. The summed E-state index contributed by atoms with van der Waals surface area (Å²) in [4.78, 5) is 12.5. The molecular weight excluding hydrogens is 290 g/mol. The van der Waals surface area contributed by atoms with Gasteiger partial charge in [0, 0.05) is 12.8 Å². The molecule has 0 aromatic heterocycles. The van der Waals surface area contributed by atoms with Gasteiger partial charge in [0.25, 0.3) is 5.91 Å². The van der Waals surface area contributed by atoms with Crippen LogP contribution < -0.4 is 10.1 Å². The van der Waals surface area contributed by atoms with E-state index in [1.54, 1.807) is 7.11 Å². The van der Waals surface area contributed by atoms with Gasteiger partial charge in [0.05, 0.1) is 6.61 Å². The van der Waals surface area contributed by atoms with Gasteiger partial charge < -0.3 is 14.8 Å². The number of amides is 1. The minimum Gasteiger partial charge on any atom is -0.493 e. The second-order valence-electron chi connectivity index (χ2n) is 6.58. The minimum atomic E-state index is -0.790. The van der Waals surface area contributed by atoms with Crippen LogP contribution in [0.15, 0.2) is 24.3 Å². The van der Waals surface area contributed by atoms with Gasteiger partial charge in [-0.25, -0.2) is 0 Å². The molecule has 1 N–H and O–H groups in total. The number of hydrogen-bond acceptors (Lipinski definition) is 3. The average molecular weight is 321 g/mol. The number of rotatable bonds is 10. The van der Waals surface area contributed by atoms with Crippen molar-refractivity contribution in [3.8, 4) is 5.75 Å². The topological polar surface area (TPSA) is 47.6 Å². The monoisotopic (exact) mass is 321 g/mol. The smallest absolute Gasteiger partial charge is 0.256 e. The van der Waals surface area contributed by atoms with Crippen LogP contribution in [0.3, 0.4) is 0 Å². The van der Waals surface area contributed by atoms with Crippen LogP contribution in [-0.2, 0) is 9.53 Å². The van der Waals surface area contributed by atoms with Crippen molar-refractivity contribution in [1.82, 2.24) is 0 Å². The van der Waals surface area contributed by atoms with Crippen LogP contribution in [0.2, 0.25) is 0 Å². The lowest BCUT2D eigenvalue weighted by Gasteiger charge is -2.27. The van der Waals surface area contributed by atoms with Gasteiger partial charge in [0.1, 0.15) is 11.4 Å². The summed E-state index contributed by atoms with van der Waals surface area (Å²) in [6, 6.07) is 7.46. The number of hydrogen-bond donors (Lipinski definition) is 1. The zero-order chi connectivity index (χ0) is 17.3. The fourth-order valence-corrected chi connectivity index (χ4v) is 2.18. The quantitative estimate of drug-likeness (QED) is 0.638. The van der Waals surface area contributed by atoms with Crippen LogP contribution in [0, 0.1) is 5.92 Å². The van der Waals surface area contributed by atoms with Crippen molar-refractivity contribution in [3.63, 3.8) is 0 Å². The Kier molecular flexibility index (Phi) is 8.10. The van der Waals surface area contributed by atoms with E-state index in [2.05, 4.69) is 26.1 Å². The molecule has 0 spiro atoms. The summed E-state index contributed by atoms with van der Waals surface area (Å²) in [7, 11) is 1.59. The molecule has 1 rings (SSSR count). The van der Waals surface area contributed by atoms with Crippen molar-refractivity contribution in [2.75, 3.05) is 19.0 Å². The van der Waals surface area contributed by atoms with Gasteiger partial charge in [-0.3, -0.25) is 4.79 Å². The average Bonchev–Trinajstić information content (AvgIpc) is 2.54. The molecule has 1 aromatic rings. The second kappa shape index (κ2) is 9.56. The number of nitrogens with one attached hydrogen (secondary N) is 1. The maximum atomic E-state index is 12.5. The minimum absolute atomic E-state index is 0.105. The molecular formula is C19H31NO3. The Labute approximate surface area is 140 Å². The first kappa shape index (κ1) is 19.5. The zero-order valence-electron chi connectivity index (χ0n) is 15.1. The number of carbonyl (C=O) groups excluding carboxylic acids is 1. The first-order valence-electron chi connectivity index (χ1n) is 8.50. The number of carbonyl (C=O) groups is 1. The molecule has 0 unspecified atom stereocenters. The van der Waals surface area contributed by atoms with Crippen molar-refractivity contribution >= 4 is 11.6 Å². The number of anilines is 1. The standard InChI is InChI=1S/C19H31NO3/c1-6-7-8-13-19(4,22-5)18(21)20-16-9-11-17(12-10-16)23-14-15(2)3/h9-12,15H,6-8,13-14H2,1-5H3,(H,20,21)/t19-/m0/s1. The first-order chi connectivity index (χ1) is 10.9. The third kappa shape index (κ3) is 6.61. The van der Waals surface area contributed by atoms with E-state index in [4.69, 9.17) is 9.47 Å². The largest absolute Gasteiger partial charge is 0.493 e. The summed E-state index contributed by atoms with van der Waals surface area (Å²) < 4.78 is 11.1. The Morgan fingerprint density at radius 2 is 1.87 bits per heavy atom. The summed E-state index contributed by atoms with van der Waals surface area (Å²) >= 11 is 0. The lowest BCUT2D eigenvalue weighted by molar-refractivity contribution is -0.136. The fourth-order valence-electron chi connectivity index (χ4n) is 2.18. The Balaban J connectivity index is 2.61. The molecule has 0 heterocycles. The van der Waals surface area contributed by atoms with E-state index >= 15 is 0 Å². The van der Waals surface area contributed by atoms with Gasteiger partial charge in [0.2, 0.25) is 0 Å². The van der Waals surface area contributed by atoms with Crippen molar-refractivity contribution in [2.45, 2.75) is 59.0 Å². The van der Waals surface area contributed by atoms with Gasteiger partial charge in [-0.05, 0) is 43.5 Å². The van der Waals surface area contributed by atoms with Gasteiger partial charge in [-0.1, -0.05) is 40.0 Å². The van der Waals surface area contributed by atoms with Crippen molar-refractivity contribution in [2.24, 2.45) is 5.92 Å². The number of unbranched alkanes of at least 4 members (excludes halogenated alkanes) is 2. The Morgan fingerprint density at radius 3 is 2.39 bits per heavy atom. The maximum absolute atomic E-state index is 12.5. The maximum Gasteiger partial charge on any atom is 0.256 e. The Bertz CT molecular complexity index is 470. The molecule has 1 atom stereocenters. The summed E-state index contributed by atoms with van der Waals surface area (Å²) in [5.74, 6) is 1.20. The molecule has 0 aliphatic heterocycles. The second-order valence-corrected chi connectivity index (χ2v) is 6.58. The summed E-state index contributed by atoms with van der Waals surface area (Å²) in [6.07, 6.45) is 3.93. The number of benzene rings is 1. The highest BCUT2D eigenvalue weighted by Crippen LogP contribution is 2.22. The summed E-state index contributed by atoms with van der Waals surface area (Å²) in [5, 5.41) is 2.93. The van der Waals surface area contributed by atoms with E-state index < -0.39 is 5.60 Å². The summed E-state index contributed by atoms with van der Waals surface area (Å²) in [6.45, 7) is 8.90. The van der Waals surface area contributed by atoms with E-state index in [0.717, 1.165) is 37.1 Å². The molecule has 130 valence electrons. The molecule has 4 nitrogen and oxygen atoms in total. The van der Waals surface area contributed by atoms with E-state index in [-0.39, 0.29) is 5.91 Å². The molecule has 23 heavy (non-hydrogen) atoms. The van der Waals surface area contributed by atoms with E-state index in [1.165, 1.54) is 0 Å². The molecule has 0 saturated heterocycles. The highest BCUT2D eigenvalue weighted by molar-refractivity contribution is 5.97. The van der Waals surface area contributed by atoms with Crippen molar-refractivity contribution in [3.05, 3.63) is 24.3 Å². The van der Waals surface area contributed by atoms with Gasteiger partial charge >= 0.3 is 0 Å². The molecule has 0 radical (unpaired) electrons. The van der Waals surface area contributed by atoms with Gasteiger partial charge in [-0.2, -0.15) is 0 Å². The van der Waals surface area contributed by atoms with Crippen LogP contribution in [0.4, 0.5) is 5.69 Å². The normalized spacial score (nSPS) is 13.7. The first-order valence-corrected chi connectivity index (χ1v) is 8.50. The number of ether oxygens (including phenoxy) is 2. The van der Waals surface area contributed by atoms with E-state index in [1.807, 2.05) is 31.2 Å². The third-order valence-corrected chi connectivity index (χ3v) is 3.88. The van der Waals surface area contributed by atoms with Crippen LogP contribution in [0.25, 0.3) is 0 Å². The predicted molar refractivity (Wildman–Crippen MR) is 95.0 cm³/mol. The van der Waals surface area contributed by atoms with Gasteiger partial charge in [-0.15, -0.1) is 0 Å². The zero-order valence-corrected chi connectivity index (χ0v) is 15.1. The van der Waals surface area contributed by atoms with Gasteiger partial charge in [0.15, 0.2) is 0 Å². The molecule has 0 fully saturated rings. The highest BCUT2D eigenvalue weighted by atomic mass is 16.5. The highest BCUT2D eigenvalue weighted by Gasteiger charge is 2.32. The number of methoxy groups -OCH3 is 1. The molecule has 0 aliphatic carbocycles. The Hall–Kier alpha value is -1.55. The lowest BCUT2D eigenvalue weighted by atomic mass is 9.97.